The summed E-state index contributed by atoms with van der Waals surface area (Å²) in [7, 11) is 1.15. The first-order chi connectivity index (χ1) is 14.8. The quantitative estimate of drug-likeness (QED) is 0.712. The molecule has 0 aliphatic carbocycles. The molecule has 1 heterocycles. The molecule has 0 spiro atoms. The number of methoxy groups -OCH3 is 1. The van der Waals surface area contributed by atoms with E-state index in [4.69, 9.17) is 9.47 Å². The molecule has 31 heavy (non-hydrogen) atoms. The van der Waals surface area contributed by atoms with E-state index in [1.807, 2.05) is 6.07 Å². The van der Waals surface area contributed by atoms with Crippen molar-refractivity contribution < 1.29 is 32.6 Å². The summed E-state index contributed by atoms with van der Waals surface area (Å²) < 4.78 is 37.4. The standard InChI is InChI=1S/C22H20F2N2O5/c1-13-19(21(28)30-2)20(15-8-9-16(23)17(24)10-15)26(22(29)25-13)11-18(27)31-12-14-6-4-3-5-7-14/h3-10,20H,11-12H2,1-2H3,(H,25,29). The zero-order valence-corrected chi connectivity index (χ0v) is 16.9. The second kappa shape index (κ2) is 9.38. The summed E-state index contributed by atoms with van der Waals surface area (Å²) in [6.45, 7) is 0.932. The van der Waals surface area contributed by atoms with Crippen molar-refractivity contribution in [2.45, 2.75) is 19.6 Å². The van der Waals surface area contributed by atoms with E-state index >= 15 is 0 Å². The summed E-state index contributed by atoms with van der Waals surface area (Å²) in [6.07, 6.45) is 0. The normalized spacial score (nSPS) is 16.1. The van der Waals surface area contributed by atoms with Crippen molar-refractivity contribution in [2.24, 2.45) is 0 Å². The van der Waals surface area contributed by atoms with Crippen LogP contribution in [0.5, 0.6) is 0 Å². The maximum atomic E-state index is 13.9. The van der Waals surface area contributed by atoms with Gasteiger partial charge >= 0.3 is 18.0 Å². The van der Waals surface area contributed by atoms with Crippen LogP contribution in [0.25, 0.3) is 0 Å². The number of nitrogens with zero attached hydrogens (tertiary/aromatic N) is 1. The molecular weight excluding hydrogens is 410 g/mol. The topological polar surface area (TPSA) is 84.9 Å². The minimum Gasteiger partial charge on any atom is -0.466 e. The number of ether oxygens (including phenoxy) is 2. The second-order valence-electron chi connectivity index (χ2n) is 6.81. The van der Waals surface area contributed by atoms with Crippen LogP contribution in [0.1, 0.15) is 24.1 Å². The second-order valence-corrected chi connectivity index (χ2v) is 6.81. The Morgan fingerprint density at radius 2 is 1.81 bits per heavy atom. The van der Waals surface area contributed by atoms with Crippen molar-refractivity contribution in [3.8, 4) is 0 Å². The van der Waals surface area contributed by atoms with Gasteiger partial charge in [-0.3, -0.25) is 4.79 Å². The summed E-state index contributed by atoms with van der Waals surface area (Å²) in [4.78, 5) is 38.5. The number of rotatable bonds is 6. The van der Waals surface area contributed by atoms with E-state index < -0.39 is 42.2 Å². The van der Waals surface area contributed by atoms with Crippen LogP contribution in [0.2, 0.25) is 0 Å². The number of hydrogen-bond acceptors (Lipinski definition) is 5. The molecule has 0 saturated heterocycles. The molecule has 0 bridgehead atoms. The number of carbonyl (C=O) groups excluding carboxylic acids is 3. The summed E-state index contributed by atoms with van der Waals surface area (Å²) in [5.41, 5.74) is 1.02. The fourth-order valence-corrected chi connectivity index (χ4v) is 3.27. The Morgan fingerprint density at radius 1 is 1.10 bits per heavy atom. The molecule has 1 atom stereocenters. The molecule has 0 radical (unpaired) electrons. The molecule has 0 fully saturated rings. The molecule has 1 aliphatic heterocycles. The molecule has 9 heteroatoms. The van der Waals surface area contributed by atoms with Gasteiger partial charge in [-0.1, -0.05) is 36.4 Å². The Labute approximate surface area is 177 Å². The minimum atomic E-state index is -1.18. The smallest absolute Gasteiger partial charge is 0.337 e. The maximum Gasteiger partial charge on any atom is 0.337 e. The largest absolute Gasteiger partial charge is 0.466 e. The average molecular weight is 430 g/mol. The number of urea groups is 1. The zero-order chi connectivity index (χ0) is 22.5. The third-order valence-electron chi connectivity index (χ3n) is 4.75. The Balaban J connectivity index is 1.91. The van der Waals surface area contributed by atoms with Crippen LogP contribution in [0.15, 0.2) is 59.8 Å². The molecule has 2 amide bonds. The molecule has 1 N–H and O–H groups in total. The predicted molar refractivity (Wildman–Crippen MR) is 105 cm³/mol. The molecule has 1 unspecified atom stereocenters. The third kappa shape index (κ3) is 4.88. The average Bonchev–Trinajstić information content (AvgIpc) is 2.76. The molecule has 3 rings (SSSR count). The van der Waals surface area contributed by atoms with E-state index in [2.05, 4.69) is 5.32 Å². The van der Waals surface area contributed by atoms with Gasteiger partial charge in [-0.25, -0.2) is 18.4 Å². The van der Waals surface area contributed by atoms with E-state index in [-0.39, 0.29) is 23.4 Å². The Kier molecular flexibility index (Phi) is 6.64. The molecule has 2 aromatic rings. The van der Waals surface area contributed by atoms with Crippen molar-refractivity contribution in [3.05, 3.63) is 82.6 Å². The fourth-order valence-electron chi connectivity index (χ4n) is 3.27. The SMILES string of the molecule is COC(=O)C1=C(C)NC(=O)N(CC(=O)OCc2ccccc2)C1c1ccc(F)c(F)c1. The van der Waals surface area contributed by atoms with Crippen LogP contribution >= 0.6 is 0 Å². The van der Waals surface area contributed by atoms with Crippen LogP contribution in [0.4, 0.5) is 13.6 Å². The number of carbonyl (C=O) groups is 3. The molecule has 0 saturated carbocycles. The van der Waals surface area contributed by atoms with Gasteiger partial charge < -0.3 is 19.7 Å². The lowest BCUT2D eigenvalue weighted by Crippen LogP contribution is -2.50. The number of hydrogen-bond donors (Lipinski definition) is 1. The van der Waals surface area contributed by atoms with Crippen LogP contribution in [0.3, 0.4) is 0 Å². The van der Waals surface area contributed by atoms with Crippen LogP contribution in [0, 0.1) is 11.6 Å². The number of nitrogens with one attached hydrogen (secondary N) is 1. The maximum absolute atomic E-state index is 13.9. The van der Waals surface area contributed by atoms with Crippen LogP contribution in [-0.2, 0) is 25.7 Å². The highest BCUT2D eigenvalue weighted by molar-refractivity contribution is 5.95. The lowest BCUT2D eigenvalue weighted by Gasteiger charge is -2.37. The van der Waals surface area contributed by atoms with Crippen molar-refractivity contribution in [1.82, 2.24) is 10.2 Å². The molecule has 1 aliphatic rings. The summed E-state index contributed by atoms with van der Waals surface area (Å²) in [5, 5.41) is 2.49. The Morgan fingerprint density at radius 3 is 2.45 bits per heavy atom. The number of benzene rings is 2. The zero-order valence-electron chi connectivity index (χ0n) is 16.9. The first kappa shape index (κ1) is 21.9. The lowest BCUT2D eigenvalue weighted by molar-refractivity contribution is -0.146. The Hall–Kier alpha value is -3.75. The fraction of sp³-hybridized carbons (Fsp3) is 0.227. The van der Waals surface area contributed by atoms with E-state index in [1.165, 1.54) is 13.0 Å². The lowest BCUT2D eigenvalue weighted by atomic mass is 9.93. The van der Waals surface area contributed by atoms with Crippen molar-refractivity contribution in [1.29, 1.82) is 0 Å². The molecular formula is C22H20F2N2O5. The summed E-state index contributed by atoms with van der Waals surface area (Å²) >= 11 is 0. The van der Waals surface area contributed by atoms with Crippen LogP contribution in [-0.4, -0.2) is 36.5 Å². The van der Waals surface area contributed by atoms with Gasteiger partial charge in [0.1, 0.15) is 13.2 Å². The van der Waals surface area contributed by atoms with Gasteiger partial charge in [-0.2, -0.15) is 0 Å². The van der Waals surface area contributed by atoms with Crippen molar-refractivity contribution >= 4 is 18.0 Å². The van der Waals surface area contributed by atoms with E-state index in [0.717, 1.165) is 29.7 Å². The van der Waals surface area contributed by atoms with Gasteiger partial charge in [0.05, 0.1) is 18.7 Å². The highest BCUT2D eigenvalue weighted by Gasteiger charge is 2.39. The molecule has 7 nitrogen and oxygen atoms in total. The van der Waals surface area contributed by atoms with Gasteiger partial charge in [-0.05, 0) is 30.2 Å². The predicted octanol–water partition coefficient (Wildman–Crippen LogP) is 3.22. The van der Waals surface area contributed by atoms with Gasteiger partial charge in [-0.15, -0.1) is 0 Å². The summed E-state index contributed by atoms with van der Waals surface area (Å²) in [5.74, 6) is -3.76. The highest BCUT2D eigenvalue weighted by atomic mass is 19.2. The minimum absolute atomic E-state index is 0.0102. The van der Waals surface area contributed by atoms with Crippen molar-refractivity contribution in [3.63, 3.8) is 0 Å². The van der Waals surface area contributed by atoms with Gasteiger partial charge in [0, 0.05) is 5.70 Å². The number of amides is 2. The summed E-state index contributed by atoms with van der Waals surface area (Å²) in [6, 6.07) is 10.0. The molecule has 0 aromatic heterocycles. The molecule has 162 valence electrons. The Bertz CT molecular complexity index is 1040. The third-order valence-corrected chi connectivity index (χ3v) is 4.75. The number of halogens is 2. The van der Waals surface area contributed by atoms with E-state index in [1.54, 1.807) is 24.3 Å². The van der Waals surface area contributed by atoms with Gasteiger partial charge in [0.15, 0.2) is 11.6 Å². The molecule has 2 aromatic carbocycles. The number of esters is 2. The van der Waals surface area contributed by atoms with Gasteiger partial charge in [0.2, 0.25) is 0 Å². The highest BCUT2D eigenvalue weighted by Crippen LogP contribution is 2.34. The number of allylic oxidation sites excluding steroid dienone is 1. The first-order valence-corrected chi connectivity index (χ1v) is 9.33. The van der Waals surface area contributed by atoms with Crippen molar-refractivity contribution in [2.75, 3.05) is 13.7 Å². The first-order valence-electron chi connectivity index (χ1n) is 9.33. The monoisotopic (exact) mass is 430 g/mol. The van der Waals surface area contributed by atoms with E-state index in [0.29, 0.717) is 0 Å². The van der Waals surface area contributed by atoms with E-state index in [9.17, 15) is 23.2 Å². The van der Waals surface area contributed by atoms with Gasteiger partial charge in [0.25, 0.3) is 0 Å². The van der Waals surface area contributed by atoms with Crippen LogP contribution < -0.4 is 5.32 Å².